The fraction of sp³-hybridized carbons (Fsp3) is 1.00. The molecule has 0 aromatic heterocycles. The summed E-state index contributed by atoms with van der Waals surface area (Å²) in [6.45, 7) is 5.16. The van der Waals surface area contributed by atoms with Crippen LogP contribution in [0.25, 0.3) is 0 Å². The molecule has 1 aliphatic rings. The zero-order valence-electron chi connectivity index (χ0n) is 7.08. The predicted octanol–water partition coefficient (Wildman–Crippen LogP) is 0.387. The first-order valence-electron chi connectivity index (χ1n) is 4.22. The summed E-state index contributed by atoms with van der Waals surface area (Å²) in [6, 6.07) is 0. The number of hydrogen-bond acceptors (Lipinski definition) is 3. The second-order valence-electron chi connectivity index (χ2n) is 3.11. The van der Waals surface area contributed by atoms with Gasteiger partial charge in [-0.15, -0.1) is 0 Å². The quantitative estimate of drug-likeness (QED) is 0.645. The number of hydrogen-bond donors (Lipinski definition) is 1. The summed E-state index contributed by atoms with van der Waals surface area (Å²) < 4.78 is 10.7. The molecular formula is C8H17NO2. The molecule has 1 aliphatic heterocycles. The van der Waals surface area contributed by atoms with Crippen LogP contribution in [0.2, 0.25) is 0 Å². The van der Waals surface area contributed by atoms with Crippen molar-refractivity contribution in [1.82, 2.24) is 0 Å². The molecule has 1 fully saturated rings. The van der Waals surface area contributed by atoms with Gasteiger partial charge in [0.25, 0.3) is 0 Å². The highest BCUT2D eigenvalue weighted by atomic mass is 16.5. The molecule has 2 N–H and O–H groups in total. The van der Waals surface area contributed by atoms with E-state index in [1.54, 1.807) is 0 Å². The van der Waals surface area contributed by atoms with Gasteiger partial charge in [0.2, 0.25) is 0 Å². The topological polar surface area (TPSA) is 44.5 Å². The summed E-state index contributed by atoms with van der Waals surface area (Å²) in [4.78, 5) is 0. The fourth-order valence-electron chi connectivity index (χ4n) is 1.08. The lowest BCUT2D eigenvalue weighted by Gasteiger charge is -2.13. The Morgan fingerprint density at radius 3 is 3.09 bits per heavy atom. The van der Waals surface area contributed by atoms with E-state index in [0.717, 1.165) is 26.2 Å². The average molecular weight is 159 g/mol. The van der Waals surface area contributed by atoms with E-state index in [-0.39, 0.29) is 6.10 Å². The van der Waals surface area contributed by atoms with Crippen LogP contribution < -0.4 is 5.73 Å². The van der Waals surface area contributed by atoms with Crippen LogP contribution in [-0.4, -0.2) is 32.5 Å². The maximum atomic E-state index is 5.47. The van der Waals surface area contributed by atoms with Crippen molar-refractivity contribution in [3.05, 3.63) is 0 Å². The zero-order valence-corrected chi connectivity index (χ0v) is 7.08. The number of rotatable bonds is 4. The summed E-state index contributed by atoms with van der Waals surface area (Å²) in [6.07, 6.45) is 1.33. The third-order valence-corrected chi connectivity index (χ3v) is 1.97. The molecule has 0 amide bonds. The molecular weight excluding hydrogens is 142 g/mol. The second-order valence-corrected chi connectivity index (χ2v) is 3.11. The Kier molecular flexibility index (Phi) is 3.83. The van der Waals surface area contributed by atoms with E-state index in [1.165, 1.54) is 0 Å². The Bertz CT molecular complexity index is 102. The minimum atomic E-state index is 0.190. The van der Waals surface area contributed by atoms with Crippen LogP contribution in [-0.2, 0) is 9.47 Å². The van der Waals surface area contributed by atoms with Gasteiger partial charge in [-0.3, -0.25) is 0 Å². The molecule has 1 rings (SSSR count). The largest absolute Gasteiger partial charge is 0.381 e. The lowest BCUT2D eigenvalue weighted by Crippen LogP contribution is -2.23. The van der Waals surface area contributed by atoms with Crippen LogP contribution in [0.4, 0.5) is 0 Å². The molecule has 0 aromatic rings. The molecule has 3 nitrogen and oxygen atoms in total. The van der Waals surface area contributed by atoms with Crippen molar-refractivity contribution < 1.29 is 9.47 Å². The van der Waals surface area contributed by atoms with Crippen molar-refractivity contribution >= 4 is 0 Å². The van der Waals surface area contributed by atoms with Gasteiger partial charge in [-0.25, -0.2) is 0 Å². The van der Waals surface area contributed by atoms with Crippen molar-refractivity contribution in [2.45, 2.75) is 19.4 Å². The van der Waals surface area contributed by atoms with Crippen LogP contribution in [0.3, 0.4) is 0 Å². The minimum absolute atomic E-state index is 0.190. The second kappa shape index (κ2) is 4.70. The van der Waals surface area contributed by atoms with Crippen molar-refractivity contribution in [2.24, 2.45) is 11.7 Å². The van der Waals surface area contributed by atoms with E-state index >= 15 is 0 Å². The zero-order chi connectivity index (χ0) is 8.10. The highest BCUT2D eigenvalue weighted by Gasteiger charge is 2.16. The van der Waals surface area contributed by atoms with Crippen LogP contribution in [0.15, 0.2) is 0 Å². The van der Waals surface area contributed by atoms with Gasteiger partial charge >= 0.3 is 0 Å². The van der Waals surface area contributed by atoms with Crippen LogP contribution in [0.5, 0.6) is 0 Å². The normalized spacial score (nSPS) is 27.3. The first-order valence-corrected chi connectivity index (χ1v) is 4.22. The standard InChI is InChI=1S/C8H17NO2/c1-7(4-9)11-6-8-2-3-10-5-8/h7-8H,2-6,9H2,1H3. The van der Waals surface area contributed by atoms with Crippen LogP contribution >= 0.6 is 0 Å². The Balaban J connectivity index is 2.01. The highest BCUT2D eigenvalue weighted by Crippen LogP contribution is 2.12. The predicted molar refractivity (Wildman–Crippen MR) is 43.4 cm³/mol. The molecule has 0 aliphatic carbocycles. The molecule has 11 heavy (non-hydrogen) atoms. The molecule has 1 heterocycles. The van der Waals surface area contributed by atoms with Crippen molar-refractivity contribution in [3.63, 3.8) is 0 Å². The Labute approximate surface area is 67.9 Å². The first kappa shape index (κ1) is 8.97. The first-order chi connectivity index (χ1) is 5.33. The smallest absolute Gasteiger partial charge is 0.0669 e. The molecule has 1 saturated heterocycles. The third kappa shape index (κ3) is 3.18. The van der Waals surface area contributed by atoms with E-state index in [1.807, 2.05) is 6.92 Å². The summed E-state index contributed by atoms with van der Waals surface area (Å²) >= 11 is 0. The summed E-state index contributed by atoms with van der Waals surface area (Å²) in [5.41, 5.74) is 5.40. The van der Waals surface area contributed by atoms with Crippen molar-refractivity contribution in [1.29, 1.82) is 0 Å². The number of nitrogens with two attached hydrogens (primary N) is 1. The molecule has 0 aromatic carbocycles. The van der Waals surface area contributed by atoms with Gasteiger partial charge in [0.1, 0.15) is 0 Å². The lowest BCUT2D eigenvalue weighted by molar-refractivity contribution is 0.0416. The van der Waals surface area contributed by atoms with Crippen molar-refractivity contribution in [3.8, 4) is 0 Å². The maximum absolute atomic E-state index is 5.47. The molecule has 2 unspecified atom stereocenters. The van der Waals surface area contributed by atoms with Crippen LogP contribution in [0.1, 0.15) is 13.3 Å². The van der Waals surface area contributed by atoms with E-state index in [0.29, 0.717) is 12.5 Å². The lowest BCUT2D eigenvalue weighted by atomic mass is 10.1. The van der Waals surface area contributed by atoms with Gasteiger partial charge in [-0.2, -0.15) is 0 Å². The fourth-order valence-corrected chi connectivity index (χ4v) is 1.08. The average Bonchev–Trinajstić information content (AvgIpc) is 2.52. The molecule has 0 bridgehead atoms. The van der Waals surface area contributed by atoms with Gasteiger partial charge in [-0.1, -0.05) is 0 Å². The molecule has 3 heteroatoms. The molecule has 0 saturated carbocycles. The van der Waals surface area contributed by atoms with Gasteiger partial charge < -0.3 is 15.2 Å². The summed E-state index contributed by atoms with van der Waals surface area (Å²) in [7, 11) is 0. The van der Waals surface area contributed by atoms with E-state index in [4.69, 9.17) is 15.2 Å². The van der Waals surface area contributed by atoms with Gasteiger partial charge in [0.05, 0.1) is 19.3 Å². The summed E-state index contributed by atoms with van der Waals surface area (Å²) in [5, 5.41) is 0. The minimum Gasteiger partial charge on any atom is -0.381 e. The number of ether oxygens (including phenoxy) is 2. The van der Waals surface area contributed by atoms with Gasteiger partial charge in [-0.05, 0) is 13.3 Å². The SMILES string of the molecule is CC(CN)OCC1CCOC1. The highest BCUT2D eigenvalue weighted by molar-refractivity contribution is 4.63. The monoisotopic (exact) mass is 159 g/mol. The Morgan fingerprint density at radius 1 is 1.73 bits per heavy atom. The maximum Gasteiger partial charge on any atom is 0.0669 e. The van der Waals surface area contributed by atoms with Crippen molar-refractivity contribution in [2.75, 3.05) is 26.4 Å². The molecule has 0 spiro atoms. The van der Waals surface area contributed by atoms with E-state index in [9.17, 15) is 0 Å². The third-order valence-electron chi connectivity index (χ3n) is 1.97. The Hall–Kier alpha value is -0.120. The molecule has 66 valence electrons. The summed E-state index contributed by atoms with van der Waals surface area (Å²) in [5.74, 6) is 0.601. The molecule has 0 radical (unpaired) electrons. The van der Waals surface area contributed by atoms with Crippen LogP contribution in [0, 0.1) is 5.92 Å². The van der Waals surface area contributed by atoms with E-state index in [2.05, 4.69) is 0 Å². The van der Waals surface area contributed by atoms with Gasteiger partial charge in [0.15, 0.2) is 0 Å². The molecule has 2 atom stereocenters. The Morgan fingerprint density at radius 2 is 2.55 bits per heavy atom. The van der Waals surface area contributed by atoms with E-state index < -0.39 is 0 Å². The van der Waals surface area contributed by atoms with Gasteiger partial charge in [0, 0.05) is 19.1 Å².